The molecule has 0 aromatic carbocycles. The molecule has 0 N–H and O–H groups in total. The van der Waals surface area contributed by atoms with Crippen LogP contribution in [0.3, 0.4) is 0 Å². The third kappa shape index (κ3) is 3.21. The number of rotatable bonds is 5. The topological polar surface area (TPSA) is 72.9 Å². The molecule has 18 heavy (non-hydrogen) atoms. The number of carbonyl (C=O) groups excluding carboxylic acids is 3. The largest absolute Gasteiger partial charge is 0.467 e. The van der Waals surface area contributed by atoms with Crippen LogP contribution in [0, 0.1) is 0 Å². The van der Waals surface area contributed by atoms with Gasteiger partial charge in [0.1, 0.15) is 6.04 Å². The Morgan fingerprint density at radius 2 is 2.17 bits per heavy atom. The second-order valence-electron chi connectivity index (χ2n) is 4.24. The molecule has 0 aromatic heterocycles. The first-order valence-electron chi connectivity index (χ1n) is 6.05. The van der Waals surface area contributed by atoms with Gasteiger partial charge in [0.05, 0.1) is 20.1 Å². The highest BCUT2D eigenvalue weighted by molar-refractivity contribution is 5.88. The quantitative estimate of drug-likeness (QED) is 0.670. The summed E-state index contributed by atoms with van der Waals surface area (Å²) in [6.07, 6.45) is 0.846. The fourth-order valence-corrected chi connectivity index (χ4v) is 2.18. The fourth-order valence-electron chi connectivity index (χ4n) is 2.18. The average molecular weight is 257 g/mol. The zero-order valence-corrected chi connectivity index (χ0v) is 11.0. The van der Waals surface area contributed by atoms with Crippen LogP contribution < -0.4 is 0 Å². The van der Waals surface area contributed by atoms with Crippen molar-refractivity contribution in [2.45, 2.75) is 45.2 Å². The Bertz CT molecular complexity index is 341. The van der Waals surface area contributed by atoms with E-state index in [2.05, 4.69) is 4.74 Å². The van der Waals surface area contributed by atoms with Gasteiger partial charge in [-0.2, -0.15) is 0 Å². The molecular weight excluding hydrogens is 238 g/mol. The summed E-state index contributed by atoms with van der Waals surface area (Å²) in [7, 11) is 1.29. The van der Waals surface area contributed by atoms with Gasteiger partial charge in [-0.1, -0.05) is 0 Å². The van der Waals surface area contributed by atoms with Crippen molar-refractivity contribution < 1.29 is 23.9 Å². The van der Waals surface area contributed by atoms with Gasteiger partial charge in [0, 0.05) is 12.5 Å². The van der Waals surface area contributed by atoms with E-state index < -0.39 is 12.0 Å². The lowest BCUT2D eigenvalue weighted by molar-refractivity contribution is -0.153. The van der Waals surface area contributed by atoms with Crippen LogP contribution in [0.1, 0.15) is 33.1 Å². The van der Waals surface area contributed by atoms with Crippen LogP contribution in [0.15, 0.2) is 0 Å². The fraction of sp³-hybridized carbons (Fsp3) is 0.750. The summed E-state index contributed by atoms with van der Waals surface area (Å²) in [6, 6.07) is -0.935. The van der Waals surface area contributed by atoms with E-state index in [0.29, 0.717) is 19.4 Å². The molecule has 1 rings (SSSR count). The molecule has 102 valence electrons. The second kappa shape index (κ2) is 6.37. The van der Waals surface area contributed by atoms with Crippen molar-refractivity contribution in [3.8, 4) is 0 Å². The van der Waals surface area contributed by atoms with Crippen molar-refractivity contribution in [1.29, 1.82) is 0 Å². The van der Waals surface area contributed by atoms with Gasteiger partial charge in [0.15, 0.2) is 0 Å². The lowest BCUT2D eigenvalue weighted by Gasteiger charge is -2.28. The number of amides is 1. The van der Waals surface area contributed by atoms with Crippen molar-refractivity contribution in [1.82, 2.24) is 4.90 Å². The summed E-state index contributed by atoms with van der Waals surface area (Å²) in [4.78, 5) is 36.1. The Hall–Kier alpha value is -1.59. The Morgan fingerprint density at radius 3 is 2.72 bits per heavy atom. The molecular formula is C12H19NO5. The molecule has 1 heterocycles. The molecule has 6 nitrogen and oxygen atoms in total. The summed E-state index contributed by atoms with van der Waals surface area (Å²) < 4.78 is 9.50. The molecule has 0 spiro atoms. The van der Waals surface area contributed by atoms with Crippen LogP contribution in [0.25, 0.3) is 0 Å². The van der Waals surface area contributed by atoms with Gasteiger partial charge in [-0.05, 0) is 20.3 Å². The molecule has 0 bridgehead atoms. The zero-order valence-electron chi connectivity index (χ0n) is 11.0. The molecule has 6 heteroatoms. The maximum atomic E-state index is 11.8. The Morgan fingerprint density at radius 1 is 1.50 bits per heavy atom. The lowest BCUT2D eigenvalue weighted by Crippen LogP contribution is -2.45. The van der Waals surface area contributed by atoms with E-state index in [1.807, 2.05) is 0 Å². The molecule has 1 aliphatic heterocycles. The van der Waals surface area contributed by atoms with Gasteiger partial charge in [-0.3, -0.25) is 9.59 Å². The van der Waals surface area contributed by atoms with Crippen LogP contribution >= 0.6 is 0 Å². The van der Waals surface area contributed by atoms with E-state index in [1.165, 1.54) is 12.0 Å². The van der Waals surface area contributed by atoms with Crippen molar-refractivity contribution in [3.63, 3.8) is 0 Å². The minimum atomic E-state index is -0.577. The highest BCUT2D eigenvalue weighted by Crippen LogP contribution is 2.24. The maximum Gasteiger partial charge on any atom is 0.328 e. The minimum absolute atomic E-state index is 0.0904. The number of ether oxygens (including phenoxy) is 2. The molecule has 0 aromatic rings. The summed E-state index contributed by atoms with van der Waals surface area (Å²) in [5.74, 6) is -0.924. The Kier molecular flexibility index (Phi) is 5.12. The van der Waals surface area contributed by atoms with Crippen molar-refractivity contribution >= 4 is 17.8 Å². The standard InChI is InChI=1S/C12H19NO5/c1-4-18-11(15)7-8(2)13-9(12(16)17-3)5-6-10(13)14/h8-9H,4-7H2,1-3H3. The van der Waals surface area contributed by atoms with Gasteiger partial charge >= 0.3 is 11.9 Å². The van der Waals surface area contributed by atoms with Gasteiger partial charge in [-0.25, -0.2) is 4.79 Å². The number of esters is 2. The maximum absolute atomic E-state index is 11.8. The van der Waals surface area contributed by atoms with Crippen molar-refractivity contribution in [2.24, 2.45) is 0 Å². The molecule has 0 radical (unpaired) electrons. The number of nitrogens with zero attached hydrogens (tertiary/aromatic N) is 1. The van der Waals surface area contributed by atoms with Crippen LogP contribution in [0.5, 0.6) is 0 Å². The van der Waals surface area contributed by atoms with Crippen molar-refractivity contribution in [3.05, 3.63) is 0 Å². The molecule has 0 saturated carbocycles. The van der Waals surface area contributed by atoms with Crippen LogP contribution in [0.4, 0.5) is 0 Å². The van der Waals surface area contributed by atoms with E-state index in [4.69, 9.17) is 4.74 Å². The van der Waals surface area contributed by atoms with E-state index in [1.54, 1.807) is 13.8 Å². The second-order valence-corrected chi connectivity index (χ2v) is 4.24. The lowest BCUT2D eigenvalue weighted by atomic mass is 10.1. The summed E-state index contributed by atoms with van der Waals surface area (Å²) in [5, 5.41) is 0. The molecule has 1 aliphatic rings. The normalized spacial score (nSPS) is 20.7. The summed E-state index contributed by atoms with van der Waals surface area (Å²) in [6.45, 7) is 3.76. The predicted octanol–water partition coefficient (Wildman–Crippen LogP) is 0.492. The first-order valence-corrected chi connectivity index (χ1v) is 6.05. The average Bonchev–Trinajstić information content (AvgIpc) is 2.70. The highest BCUT2D eigenvalue weighted by atomic mass is 16.5. The first kappa shape index (κ1) is 14.5. The van der Waals surface area contributed by atoms with E-state index in [9.17, 15) is 14.4 Å². The summed E-state index contributed by atoms with van der Waals surface area (Å²) in [5.41, 5.74) is 0. The van der Waals surface area contributed by atoms with Gasteiger partial charge in [0.25, 0.3) is 0 Å². The number of carbonyl (C=O) groups is 3. The Balaban J connectivity index is 2.68. The molecule has 2 unspecified atom stereocenters. The highest BCUT2D eigenvalue weighted by Gasteiger charge is 2.40. The van der Waals surface area contributed by atoms with E-state index in [0.717, 1.165) is 0 Å². The molecule has 1 saturated heterocycles. The third-order valence-corrected chi connectivity index (χ3v) is 2.97. The molecule has 0 aliphatic carbocycles. The van der Waals surface area contributed by atoms with Crippen LogP contribution in [0.2, 0.25) is 0 Å². The number of likely N-dealkylation sites (tertiary alicyclic amines) is 1. The SMILES string of the molecule is CCOC(=O)CC(C)N1C(=O)CCC1C(=O)OC. The molecule has 1 fully saturated rings. The third-order valence-electron chi connectivity index (χ3n) is 2.97. The van der Waals surface area contributed by atoms with Crippen molar-refractivity contribution in [2.75, 3.05) is 13.7 Å². The number of hydrogen-bond donors (Lipinski definition) is 0. The summed E-state index contributed by atoms with van der Waals surface area (Å²) >= 11 is 0. The minimum Gasteiger partial charge on any atom is -0.467 e. The predicted molar refractivity (Wildman–Crippen MR) is 62.6 cm³/mol. The van der Waals surface area contributed by atoms with E-state index in [-0.39, 0.29) is 24.3 Å². The van der Waals surface area contributed by atoms with E-state index >= 15 is 0 Å². The monoisotopic (exact) mass is 257 g/mol. The van der Waals surface area contributed by atoms with Gasteiger partial charge in [-0.15, -0.1) is 0 Å². The number of methoxy groups -OCH3 is 1. The number of hydrogen-bond acceptors (Lipinski definition) is 5. The first-order chi connectivity index (χ1) is 8.51. The van der Waals surface area contributed by atoms with Crippen LogP contribution in [-0.2, 0) is 23.9 Å². The smallest absolute Gasteiger partial charge is 0.328 e. The van der Waals surface area contributed by atoms with Gasteiger partial charge < -0.3 is 14.4 Å². The zero-order chi connectivity index (χ0) is 13.7. The van der Waals surface area contributed by atoms with Crippen LogP contribution in [-0.4, -0.2) is 48.5 Å². The van der Waals surface area contributed by atoms with Gasteiger partial charge in [0.2, 0.25) is 5.91 Å². The Labute approximate surface area is 106 Å². The molecule has 1 amide bonds. The molecule has 2 atom stereocenters.